The molecule has 2 heterocycles. The average Bonchev–Trinajstić information content (AvgIpc) is 2.59. The summed E-state index contributed by atoms with van der Waals surface area (Å²) in [5.41, 5.74) is 2.76. The molecule has 17 heavy (non-hydrogen) atoms. The van der Waals surface area contributed by atoms with Crippen LogP contribution in [0.15, 0.2) is 24.3 Å². The molecule has 0 radical (unpaired) electrons. The zero-order valence-corrected chi connectivity index (χ0v) is 10.9. The minimum absolute atomic E-state index is 0.792. The van der Waals surface area contributed by atoms with E-state index in [0.29, 0.717) is 0 Å². The summed E-state index contributed by atoms with van der Waals surface area (Å²) in [6, 6.07) is 10.6. The number of anilines is 1. The number of rotatable bonds is 2. The number of piperazine rings is 1. The molecule has 2 unspecified atom stereocenters. The van der Waals surface area contributed by atoms with Crippen LogP contribution in [0.3, 0.4) is 0 Å². The lowest BCUT2D eigenvalue weighted by atomic mass is 10.1. The smallest absolute Gasteiger partial charge is 0.0367 e. The monoisotopic (exact) mass is 230 g/mol. The molecule has 0 saturated carbocycles. The first kappa shape index (κ1) is 11.1. The van der Waals surface area contributed by atoms with E-state index in [1.807, 2.05) is 0 Å². The highest BCUT2D eigenvalue weighted by Gasteiger charge is 2.38. The van der Waals surface area contributed by atoms with Gasteiger partial charge in [0, 0.05) is 30.9 Å². The van der Waals surface area contributed by atoms with Crippen LogP contribution in [0.1, 0.15) is 25.3 Å². The molecular formula is C15H22N2. The number of aryl methyl sites for hydroxylation is 1. The van der Waals surface area contributed by atoms with Crippen molar-refractivity contribution in [3.8, 4) is 0 Å². The van der Waals surface area contributed by atoms with Gasteiger partial charge in [0.25, 0.3) is 0 Å². The first-order valence-electron chi connectivity index (χ1n) is 6.85. The highest BCUT2D eigenvalue weighted by Crippen LogP contribution is 2.32. The minimum atomic E-state index is 0.792. The molecule has 2 aliphatic rings. The molecule has 2 saturated heterocycles. The molecule has 2 atom stereocenters. The fraction of sp³-hybridized carbons (Fsp3) is 0.600. The SMILES string of the molecule is CCN1C2CCC1CN(c1ccc(C)cc1)C2. The molecule has 0 aliphatic carbocycles. The van der Waals surface area contributed by atoms with E-state index in [1.165, 1.54) is 43.7 Å². The normalized spacial score (nSPS) is 28.7. The molecule has 0 amide bonds. The molecule has 2 aliphatic heterocycles. The molecule has 1 aromatic rings. The standard InChI is InChI=1S/C15H22N2/c1-3-17-14-8-9-15(17)11-16(10-14)13-6-4-12(2)5-7-13/h4-7,14-15H,3,8-11H2,1-2H3. The summed E-state index contributed by atoms with van der Waals surface area (Å²) in [4.78, 5) is 5.28. The zero-order chi connectivity index (χ0) is 11.8. The summed E-state index contributed by atoms with van der Waals surface area (Å²) >= 11 is 0. The predicted molar refractivity (Wildman–Crippen MR) is 72.6 cm³/mol. The van der Waals surface area contributed by atoms with Gasteiger partial charge in [-0.05, 0) is 38.4 Å². The highest BCUT2D eigenvalue weighted by molar-refractivity contribution is 5.48. The number of likely N-dealkylation sites (N-methyl/N-ethyl adjacent to an activating group) is 1. The Labute approximate surface area is 104 Å². The first-order valence-corrected chi connectivity index (χ1v) is 6.85. The van der Waals surface area contributed by atoms with E-state index in [-0.39, 0.29) is 0 Å². The van der Waals surface area contributed by atoms with Crippen molar-refractivity contribution >= 4 is 5.69 Å². The van der Waals surface area contributed by atoms with Crippen LogP contribution < -0.4 is 4.90 Å². The van der Waals surface area contributed by atoms with Gasteiger partial charge < -0.3 is 4.90 Å². The van der Waals surface area contributed by atoms with Gasteiger partial charge in [-0.25, -0.2) is 0 Å². The molecule has 1 aromatic carbocycles. The number of hydrogen-bond acceptors (Lipinski definition) is 2. The van der Waals surface area contributed by atoms with Gasteiger partial charge in [0.2, 0.25) is 0 Å². The summed E-state index contributed by atoms with van der Waals surface area (Å²) in [5.74, 6) is 0. The second-order valence-electron chi connectivity index (χ2n) is 5.46. The van der Waals surface area contributed by atoms with E-state index in [0.717, 1.165) is 12.1 Å². The van der Waals surface area contributed by atoms with E-state index in [4.69, 9.17) is 0 Å². The van der Waals surface area contributed by atoms with E-state index in [1.54, 1.807) is 0 Å². The molecule has 2 fully saturated rings. The quantitative estimate of drug-likeness (QED) is 0.770. The van der Waals surface area contributed by atoms with Gasteiger partial charge in [-0.2, -0.15) is 0 Å². The second-order valence-corrected chi connectivity index (χ2v) is 5.46. The Morgan fingerprint density at radius 1 is 1.06 bits per heavy atom. The lowest BCUT2D eigenvalue weighted by Gasteiger charge is -2.41. The van der Waals surface area contributed by atoms with Crippen LogP contribution in [0.4, 0.5) is 5.69 Å². The third-order valence-electron chi connectivity index (χ3n) is 4.40. The van der Waals surface area contributed by atoms with Gasteiger partial charge in [0.1, 0.15) is 0 Å². The Balaban J connectivity index is 1.77. The van der Waals surface area contributed by atoms with Crippen molar-refractivity contribution in [3.63, 3.8) is 0 Å². The molecule has 92 valence electrons. The van der Waals surface area contributed by atoms with Crippen LogP contribution in [0.2, 0.25) is 0 Å². The van der Waals surface area contributed by atoms with Crippen LogP contribution in [-0.2, 0) is 0 Å². The van der Waals surface area contributed by atoms with Crippen molar-refractivity contribution in [3.05, 3.63) is 29.8 Å². The van der Waals surface area contributed by atoms with Gasteiger partial charge in [0.05, 0.1) is 0 Å². The van der Waals surface area contributed by atoms with Crippen molar-refractivity contribution in [1.82, 2.24) is 4.90 Å². The maximum absolute atomic E-state index is 2.70. The van der Waals surface area contributed by atoms with E-state index in [9.17, 15) is 0 Å². The van der Waals surface area contributed by atoms with Crippen molar-refractivity contribution in [2.75, 3.05) is 24.5 Å². The topological polar surface area (TPSA) is 6.48 Å². The van der Waals surface area contributed by atoms with Gasteiger partial charge in [-0.15, -0.1) is 0 Å². The second kappa shape index (κ2) is 4.34. The largest absolute Gasteiger partial charge is 0.368 e. The van der Waals surface area contributed by atoms with Gasteiger partial charge >= 0.3 is 0 Å². The van der Waals surface area contributed by atoms with E-state index < -0.39 is 0 Å². The Kier molecular flexibility index (Phi) is 2.83. The molecule has 2 bridgehead atoms. The third kappa shape index (κ3) is 1.95. The molecule has 0 spiro atoms. The summed E-state index contributed by atoms with van der Waals surface area (Å²) in [6.45, 7) is 8.10. The Morgan fingerprint density at radius 2 is 1.65 bits per heavy atom. The van der Waals surface area contributed by atoms with Gasteiger partial charge in [-0.1, -0.05) is 24.6 Å². The molecule has 2 heteroatoms. The first-order chi connectivity index (χ1) is 8.28. The fourth-order valence-electron chi connectivity index (χ4n) is 3.47. The average molecular weight is 230 g/mol. The van der Waals surface area contributed by atoms with Crippen molar-refractivity contribution in [2.24, 2.45) is 0 Å². The lowest BCUT2D eigenvalue weighted by molar-refractivity contribution is 0.179. The van der Waals surface area contributed by atoms with Crippen molar-refractivity contribution in [2.45, 2.75) is 38.8 Å². The number of nitrogens with zero attached hydrogens (tertiary/aromatic N) is 2. The zero-order valence-electron chi connectivity index (χ0n) is 10.9. The van der Waals surface area contributed by atoms with Crippen LogP contribution >= 0.6 is 0 Å². The Morgan fingerprint density at radius 3 is 2.18 bits per heavy atom. The van der Waals surface area contributed by atoms with Crippen LogP contribution in [0.5, 0.6) is 0 Å². The van der Waals surface area contributed by atoms with Crippen LogP contribution in [-0.4, -0.2) is 36.6 Å². The maximum atomic E-state index is 2.70. The van der Waals surface area contributed by atoms with Crippen molar-refractivity contribution in [1.29, 1.82) is 0 Å². The molecule has 0 N–H and O–H groups in total. The maximum Gasteiger partial charge on any atom is 0.0367 e. The Hall–Kier alpha value is -1.02. The lowest BCUT2D eigenvalue weighted by Crippen LogP contribution is -2.53. The third-order valence-corrected chi connectivity index (χ3v) is 4.40. The highest BCUT2D eigenvalue weighted by atomic mass is 15.3. The summed E-state index contributed by atoms with van der Waals surface area (Å²) in [6.07, 6.45) is 2.78. The summed E-state index contributed by atoms with van der Waals surface area (Å²) < 4.78 is 0. The molecule has 0 aromatic heterocycles. The van der Waals surface area contributed by atoms with E-state index >= 15 is 0 Å². The molecule has 3 rings (SSSR count). The number of fused-ring (bicyclic) bond motifs is 2. The van der Waals surface area contributed by atoms with Gasteiger partial charge in [-0.3, -0.25) is 4.90 Å². The van der Waals surface area contributed by atoms with Crippen LogP contribution in [0, 0.1) is 6.92 Å². The van der Waals surface area contributed by atoms with Crippen molar-refractivity contribution < 1.29 is 0 Å². The minimum Gasteiger partial charge on any atom is -0.368 e. The predicted octanol–water partition coefficient (Wildman–Crippen LogP) is 2.67. The van der Waals surface area contributed by atoms with Crippen LogP contribution in [0.25, 0.3) is 0 Å². The number of benzene rings is 1. The Bertz CT molecular complexity index is 370. The molecular weight excluding hydrogens is 208 g/mol. The van der Waals surface area contributed by atoms with E-state index in [2.05, 4.69) is 47.9 Å². The van der Waals surface area contributed by atoms with Gasteiger partial charge in [0.15, 0.2) is 0 Å². The fourth-order valence-corrected chi connectivity index (χ4v) is 3.47. The number of hydrogen-bond donors (Lipinski definition) is 0. The summed E-state index contributed by atoms with van der Waals surface area (Å²) in [7, 11) is 0. The summed E-state index contributed by atoms with van der Waals surface area (Å²) in [5, 5.41) is 0. The molecule has 2 nitrogen and oxygen atoms in total.